The number of aromatic nitrogens is 4. The molecule has 2 aliphatic heterocycles. The van der Waals surface area contributed by atoms with Crippen molar-refractivity contribution in [2.24, 2.45) is 0 Å². The lowest BCUT2D eigenvalue weighted by molar-refractivity contribution is -0.0222. The first-order chi connectivity index (χ1) is 27.2. The van der Waals surface area contributed by atoms with Gasteiger partial charge in [0.2, 0.25) is 11.9 Å². The van der Waals surface area contributed by atoms with Gasteiger partial charge in [-0.05, 0) is 105 Å². The number of nitrogens with one attached hydrogen (secondary N) is 2. The number of hydrogen-bond donors (Lipinski definition) is 2. The summed E-state index contributed by atoms with van der Waals surface area (Å²) in [5, 5.41) is 9.16. The molecule has 10 rings (SSSR count). The van der Waals surface area contributed by atoms with E-state index in [0.29, 0.717) is 11.8 Å². The van der Waals surface area contributed by atoms with Crippen LogP contribution in [0.4, 0.5) is 41.1 Å². The van der Waals surface area contributed by atoms with Crippen LogP contribution in [0.5, 0.6) is 0 Å². The zero-order valence-corrected chi connectivity index (χ0v) is 31.1. The number of alkyl halides is 2. The predicted octanol–water partition coefficient (Wildman–Crippen LogP) is 9.97. The smallest absolute Gasteiger partial charge is 0.251 e. The number of benzene rings is 4. The Hall–Kier alpha value is -5.52. The molecule has 6 aromatic rings. The van der Waals surface area contributed by atoms with Gasteiger partial charge in [0, 0.05) is 49.8 Å². The third-order valence-electron chi connectivity index (χ3n) is 11.6. The first-order valence-electron chi connectivity index (χ1n) is 19.7. The lowest BCUT2D eigenvalue weighted by Gasteiger charge is -2.32. The second kappa shape index (κ2) is 14.5. The Kier molecular flexibility index (Phi) is 9.37. The molecule has 2 saturated heterocycles. The average molecular weight is 761 g/mol. The van der Waals surface area contributed by atoms with Gasteiger partial charge in [-0.15, -0.1) is 0 Å². The fourth-order valence-electron chi connectivity index (χ4n) is 7.94. The van der Waals surface area contributed by atoms with Crippen molar-refractivity contribution in [1.82, 2.24) is 19.9 Å². The number of fused-ring (bicyclic) bond motifs is 2. The van der Waals surface area contributed by atoms with Crippen LogP contribution in [-0.4, -0.2) is 52.0 Å². The summed E-state index contributed by atoms with van der Waals surface area (Å²) in [5.41, 5.74) is 3.44. The van der Waals surface area contributed by atoms with Gasteiger partial charge in [-0.2, -0.15) is 9.97 Å². The SMILES string of the molecule is Fc1ccc(C2(Nc3nc(N4CCC(F)(F)CC4)nc4ccccc34)CC2)cc1.Fc1ccc(C2(Nc3nc(N4CCCCC4)nc4ccccc34)CC2)cc1. The monoisotopic (exact) mass is 760 g/mol. The van der Waals surface area contributed by atoms with Gasteiger partial charge < -0.3 is 20.4 Å². The number of halogens is 4. The highest BCUT2D eigenvalue weighted by atomic mass is 19.3. The summed E-state index contributed by atoms with van der Waals surface area (Å²) in [5.74, 6) is -0.236. The van der Waals surface area contributed by atoms with Gasteiger partial charge in [0.1, 0.15) is 23.3 Å². The minimum absolute atomic E-state index is 0.149. The van der Waals surface area contributed by atoms with Crippen LogP contribution in [0.2, 0.25) is 0 Å². The van der Waals surface area contributed by atoms with Crippen LogP contribution >= 0.6 is 0 Å². The molecular weight excluding hydrogens is 717 g/mol. The fourth-order valence-corrected chi connectivity index (χ4v) is 7.94. The molecule has 0 atom stereocenters. The molecule has 4 heterocycles. The van der Waals surface area contributed by atoms with Crippen LogP contribution < -0.4 is 20.4 Å². The maximum Gasteiger partial charge on any atom is 0.251 e. The summed E-state index contributed by atoms with van der Waals surface area (Å²) < 4.78 is 53.8. The Balaban J connectivity index is 0.000000147. The zero-order valence-electron chi connectivity index (χ0n) is 31.1. The van der Waals surface area contributed by atoms with Crippen LogP contribution in [0.1, 0.15) is 68.9 Å². The zero-order chi connectivity index (χ0) is 38.3. The molecule has 0 bridgehead atoms. The summed E-state index contributed by atoms with van der Waals surface area (Å²) >= 11 is 0. The molecule has 4 aromatic carbocycles. The quantitative estimate of drug-likeness (QED) is 0.149. The van der Waals surface area contributed by atoms with Crippen molar-refractivity contribution in [3.05, 3.63) is 120 Å². The average Bonchev–Trinajstić information content (AvgIpc) is 4.17. The van der Waals surface area contributed by atoms with E-state index in [1.165, 1.54) is 43.5 Å². The van der Waals surface area contributed by atoms with Crippen LogP contribution in [0, 0.1) is 11.6 Å². The van der Waals surface area contributed by atoms with Crippen molar-refractivity contribution in [1.29, 1.82) is 0 Å². The van der Waals surface area contributed by atoms with E-state index < -0.39 is 5.92 Å². The molecule has 4 aliphatic rings. The van der Waals surface area contributed by atoms with E-state index in [0.717, 1.165) is 83.5 Å². The number of piperidine rings is 2. The Morgan fingerprint density at radius 2 is 0.875 bits per heavy atom. The Morgan fingerprint density at radius 1 is 0.464 bits per heavy atom. The molecule has 0 spiro atoms. The first kappa shape index (κ1) is 36.1. The molecule has 0 unspecified atom stereocenters. The summed E-state index contributed by atoms with van der Waals surface area (Å²) in [6, 6.07) is 29.2. The van der Waals surface area contributed by atoms with Crippen LogP contribution in [0.3, 0.4) is 0 Å². The van der Waals surface area contributed by atoms with Gasteiger partial charge in [0.05, 0.1) is 22.1 Å². The minimum atomic E-state index is -2.62. The number of hydrogen-bond acceptors (Lipinski definition) is 8. The maximum absolute atomic E-state index is 13.6. The van der Waals surface area contributed by atoms with Gasteiger partial charge in [-0.1, -0.05) is 48.5 Å². The Morgan fingerprint density at radius 3 is 1.30 bits per heavy atom. The molecule has 56 heavy (non-hydrogen) atoms. The molecule has 2 saturated carbocycles. The van der Waals surface area contributed by atoms with Crippen molar-refractivity contribution in [2.45, 2.75) is 74.8 Å². The highest BCUT2D eigenvalue weighted by molar-refractivity contribution is 5.91. The number of rotatable bonds is 8. The van der Waals surface area contributed by atoms with Crippen molar-refractivity contribution >= 4 is 45.3 Å². The number of anilines is 4. The van der Waals surface area contributed by atoms with Crippen LogP contribution in [-0.2, 0) is 11.1 Å². The van der Waals surface area contributed by atoms with Crippen molar-refractivity contribution in [3.63, 3.8) is 0 Å². The molecule has 8 nitrogen and oxygen atoms in total. The third kappa shape index (κ3) is 7.53. The van der Waals surface area contributed by atoms with Gasteiger partial charge in [-0.3, -0.25) is 0 Å². The van der Waals surface area contributed by atoms with E-state index >= 15 is 0 Å². The molecule has 288 valence electrons. The van der Waals surface area contributed by atoms with E-state index in [-0.39, 0.29) is 48.6 Å². The van der Waals surface area contributed by atoms with E-state index in [2.05, 4.69) is 26.6 Å². The summed E-state index contributed by atoms with van der Waals surface area (Å²) in [7, 11) is 0. The molecular formula is C44H44F4N8. The van der Waals surface area contributed by atoms with Gasteiger partial charge in [0.15, 0.2) is 0 Å². The topological polar surface area (TPSA) is 82.1 Å². The van der Waals surface area contributed by atoms with E-state index in [1.54, 1.807) is 12.1 Å². The number of nitrogens with zero attached hydrogens (tertiary/aromatic N) is 6. The Bertz CT molecular complexity index is 2330. The first-order valence-corrected chi connectivity index (χ1v) is 19.7. The Labute approximate surface area is 323 Å². The summed E-state index contributed by atoms with van der Waals surface area (Å²) in [6.45, 7) is 2.49. The highest BCUT2D eigenvalue weighted by Gasteiger charge is 2.46. The molecule has 4 fully saturated rings. The molecule has 2 aromatic heterocycles. The highest BCUT2D eigenvalue weighted by Crippen LogP contribution is 2.50. The van der Waals surface area contributed by atoms with Crippen molar-refractivity contribution in [3.8, 4) is 0 Å². The maximum atomic E-state index is 13.6. The molecule has 2 N–H and O–H groups in total. The summed E-state index contributed by atoms with van der Waals surface area (Å²) in [6.07, 6.45) is 7.17. The predicted molar refractivity (Wildman–Crippen MR) is 213 cm³/mol. The van der Waals surface area contributed by atoms with E-state index in [1.807, 2.05) is 59.5 Å². The normalized spacial score (nSPS) is 19.2. The molecule has 0 radical (unpaired) electrons. The molecule has 12 heteroatoms. The lowest BCUT2D eigenvalue weighted by Crippen LogP contribution is -2.40. The fraction of sp³-hybridized carbons (Fsp3) is 0.364. The van der Waals surface area contributed by atoms with Crippen molar-refractivity contribution < 1.29 is 17.6 Å². The minimum Gasteiger partial charge on any atom is -0.360 e. The molecule has 0 amide bonds. The van der Waals surface area contributed by atoms with E-state index in [9.17, 15) is 17.6 Å². The molecule has 2 aliphatic carbocycles. The largest absolute Gasteiger partial charge is 0.360 e. The second-order valence-electron chi connectivity index (χ2n) is 15.6. The third-order valence-corrected chi connectivity index (χ3v) is 11.6. The van der Waals surface area contributed by atoms with Crippen LogP contribution in [0.15, 0.2) is 97.1 Å². The summed E-state index contributed by atoms with van der Waals surface area (Å²) in [4.78, 5) is 23.2. The standard InChI is InChI=1S/C22H21F3N4.C22H23FN4/c23-16-7-5-15(6-8-16)21(9-10-21)28-19-17-3-1-2-4-18(17)26-20(27-19)29-13-11-22(24,25)12-14-29;23-17-10-8-16(9-11-17)22(12-13-22)26-20-18-6-2-3-7-19(18)24-21(25-20)27-14-4-1-5-15-27/h1-8H,9-14H2,(H,26,27,28);2-3,6-11H,1,4-5,12-15H2,(H,24,25,26). The lowest BCUT2D eigenvalue weighted by atomic mass is 10.0. The van der Waals surface area contributed by atoms with E-state index in [4.69, 9.17) is 15.0 Å². The van der Waals surface area contributed by atoms with Crippen molar-refractivity contribution in [2.75, 3.05) is 46.6 Å². The second-order valence-corrected chi connectivity index (χ2v) is 15.6. The van der Waals surface area contributed by atoms with Gasteiger partial charge >= 0.3 is 0 Å². The number of para-hydroxylation sites is 2. The van der Waals surface area contributed by atoms with Gasteiger partial charge in [-0.25, -0.2) is 27.5 Å². The van der Waals surface area contributed by atoms with Crippen LogP contribution in [0.25, 0.3) is 21.8 Å². The van der Waals surface area contributed by atoms with Gasteiger partial charge in [0.25, 0.3) is 5.92 Å².